The van der Waals surface area contributed by atoms with Gasteiger partial charge in [-0.3, -0.25) is 4.79 Å². The molecular weight excluding hydrogens is 442 g/mol. The van der Waals surface area contributed by atoms with E-state index in [4.69, 9.17) is 9.47 Å². The molecule has 1 N–H and O–H groups in total. The number of nitrogens with one attached hydrogen (secondary N) is 1. The lowest BCUT2D eigenvalue weighted by molar-refractivity contribution is 0.154. The molecule has 0 amide bonds. The van der Waals surface area contributed by atoms with Crippen LogP contribution in [-0.2, 0) is 6.54 Å². The fourth-order valence-electron chi connectivity index (χ4n) is 4.74. The van der Waals surface area contributed by atoms with Crippen molar-refractivity contribution in [1.82, 2.24) is 19.4 Å². The molecule has 2 aromatic heterocycles. The van der Waals surface area contributed by atoms with E-state index in [1.54, 1.807) is 14.2 Å². The monoisotopic (exact) mass is 479 g/mol. The summed E-state index contributed by atoms with van der Waals surface area (Å²) in [5.74, 6) is 2.14. The first-order valence-corrected chi connectivity index (χ1v) is 12.4. The van der Waals surface area contributed by atoms with Crippen LogP contribution in [0.5, 0.6) is 11.5 Å². The van der Waals surface area contributed by atoms with E-state index in [1.807, 2.05) is 48.9 Å². The summed E-state index contributed by atoms with van der Waals surface area (Å²) < 4.78 is 12.8. The standard InChI is InChI=1S/C27H37N5O3/c1-6-32-24-17-26(28-8-7-9-31-12-10-30(3)11-13-31)29-18-20(24)14-23(27(32)33)22-15-21(34-4)16-25(35-5)19(22)2/h14-18H,6-13H2,1-5H3,(H,28,29). The topological polar surface area (TPSA) is 71.9 Å². The Kier molecular flexibility index (Phi) is 7.93. The van der Waals surface area contributed by atoms with Crippen molar-refractivity contribution < 1.29 is 9.47 Å². The van der Waals surface area contributed by atoms with E-state index in [2.05, 4.69) is 27.1 Å². The molecule has 1 fully saturated rings. The van der Waals surface area contributed by atoms with Gasteiger partial charge >= 0.3 is 0 Å². The van der Waals surface area contributed by atoms with Crippen molar-refractivity contribution in [2.24, 2.45) is 0 Å². The number of piperazine rings is 1. The Balaban J connectivity index is 1.57. The van der Waals surface area contributed by atoms with E-state index in [0.717, 1.165) is 73.5 Å². The smallest absolute Gasteiger partial charge is 0.258 e. The van der Waals surface area contributed by atoms with E-state index < -0.39 is 0 Å². The Morgan fingerprint density at radius 3 is 2.49 bits per heavy atom. The summed E-state index contributed by atoms with van der Waals surface area (Å²) in [5, 5.41) is 4.37. The quantitative estimate of drug-likeness (QED) is 0.471. The second-order valence-electron chi connectivity index (χ2n) is 9.16. The van der Waals surface area contributed by atoms with Crippen LogP contribution in [-0.4, -0.2) is 79.9 Å². The Hall–Kier alpha value is -3.10. The average molecular weight is 480 g/mol. The second kappa shape index (κ2) is 11.1. The van der Waals surface area contributed by atoms with Gasteiger partial charge in [-0.05, 0) is 57.1 Å². The maximum absolute atomic E-state index is 13.6. The van der Waals surface area contributed by atoms with Crippen LogP contribution in [0.25, 0.3) is 22.0 Å². The molecule has 1 saturated heterocycles. The molecule has 0 spiro atoms. The van der Waals surface area contributed by atoms with Crippen LogP contribution >= 0.6 is 0 Å². The lowest BCUT2D eigenvalue weighted by atomic mass is 9.99. The molecule has 0 bridgehead atoms. The summed E-state index contributed by atoms with van der Waals surface area (Å²) >= 11 is 0. The number of methoxy groups -OCH3 is 2. The molecule has 188 valence electrons. The summed E-state index contributed by atoms with van der Waals surface area (Å²) in [5.41, 5.74) is 3.17. The minimum atomic E-state index is -0.0365. The van der Waals surface area contributed by atoms with E-state index in [9.17, 15) is 4.79 Å². The minimum absolute atomic E-state index is 0.0365. The van der Waals surface area contributed by atoms with Gasteiger partial charge in [-0.1, -0.05) is 0 Å². The average Bonchev–Trinajstić information content (AvgIpc) is 2.87. The van der Waals surface area contributed by atoms with Crippen LogP contribution in [0.1, 0.15) is 18.9 Å². The molecule has 8 heteroatoms. The first kappa shape index (κ1) is 25.0. The molecule has 0 radical (unpaired) electrons. The van der Waals surface area contributed by atoms with Crippen LogP contribution in [0.4, 0.5) is 5.82 Å². The molecule has 1 aliphatic rings. The number of hydrogen-bond acceptors (Lipinski definition) is 7. The number of fused-ring (bicyclic) bond motifs is 1. The molecule has 1 aliphatic heterocycles. The number of benzene rings is 1. The van der Waals surface area contributed by atoms with E-state index >= 15 is 0 Å². The van der Waals surface area contributed by atoms with Crippen LogP contribution in [0, 0.1) is 6.92 Å². The zero-order valence-corrected chi connectivity index (χ0v) is 21.6. The number of ether oxygens (including phenoxy) is 2. The summed E-state index contributed by atoms with van der Waals surface area (Å²) in [6.07, 6.45) is 2.90. The van der Waals surface area contributed by atoms with Gasteiger partial charge in [0.15, 0.2) is 0 Å². The number of aromatic nitrogens is 2. The third-order valence-electron chi connectivity index (χ3n) is 6.93. The third-order valence-corrected chi connectivity index (χ3v) is 6.93. The van der Waals surface area contributed by atoms with Gasteiger partial charge in [0.1, 0.15) is 17.3 Å². The lowest BCUT2D eigenvalue weighted by Crippen LogP contribution is -2.44. The highest BCUT2D eigenvalue weighted by molar-refractivity contribution is 5.86. The first-order chi connectivity index (χ1) is 16.9. The zero-order chi connectivity index (χ0) is 24.9. The van der Waals surface area contributed by atoms with Crippen LogP contribution in [0.15, 0.2) is 35.3 Å². The number of likely N-dealkylation sites (N-methyl/N-ethyl adjacent to an activating group) is 1. The Labute approximate surface area is 207 Å². The third kappa shape index (κ3) is 5.44. The largest absolute Gasteiger partial charge is 0.497 e. The molecule has 35 heavy (non-hydrogen) atoms. The van der Waals surface area contributed by atoms with E-state index in [-0.39, 0.29) is 5.56 Å². The highest BCUT2D eigenvalue weighted by Crippen LogP contribution is 2.34. The van der Waals surface area contributed by atoms with Gasteiger partial charge in [-0.15, -0.1) is 0 Å². The maximum Gasteiger partial charge on any atom is 0.258 e. The Bertz CT molecular complexity index is 1230. The number of nitrogens with zero attached hydrogens (tertiary/aromatic N) is 4. The van der Waals surface area contributed by atoms with Gasteiger partial charge < -0.3 is 29.2 Å². The van der Waals surface area contributed by atoms with Crippen LogP contribution in [0.3, 0.4) is 0 Å². The van der Waals surface area contributed by atoms with Gasteiger partial charge in [0.2, 0.25) is 0 Å². The van der Waals surface area contributed by atoms with Crippen molar-refractivity contribution in [2.45, 2.75) is 26.8 Å². The van der Waals surface area contributed by atoms with Crippen molar-refractivity contribution in [1.29, 1.82) is 0 Å². The lowest BCUT2D eigenvalue weighted by Gasteiger charge is -2.32. The molecule has 8 nitrogen and oxygen atoms in total. The van der Waals surface area contributed by atoms with Gasteiger partial charge in [-0.25, -0.2) is 4.98 Å². The predicted molar refractivity (Wildman–Crippen MR) is 142 cm³/mol. The zero-order valence-electron chi connectivity index (χ0n) is 21.6. The first-order valence-electron chi connectivity index (χ1n) is 12.4. The molecule has 1 aromatic carbocycles. The maximum atomic E-state index is 13.6. The van der Waals surface area contributed by atoms with Gasteiger partial charge in [-0.2, -0.15) is 0 Å². The summed E-state index contributed by atoms with van der Waals surface area (Å²) in [6, 6.07) is 7.64. The van der Waals surface area contributed by atoms with Gasteiger partial charge in [0.25, 0.3) is 5.56 Å². The molecule has 4 rings (SSSR count). The number of pyridine rings is 2. The van der Waals surface area contributed by atoms with Crippen molar-refractivity contribution in [3.63, 3.8) is 0 Å². The molecule has 3 heterocycles. The number of anilines is 1. The number of aryl methyl sites for hydroxylation is 1. The number of rotatable bonds is 9. The molecule has 0 aliphatic carbocycles. The molecule has 0 atom stereocenters. The Morgan fingerprint density at radius 2 is 1.80 bits per heavy atom. The Morgan fingerprint density at radius 1 is 1.03 bits per heavy atom. The van der Waals surface area contributed by atoms with E-state index in [0.29, 0.717) is 23.6 Å². The van der Waals surface area contributed by atoms with Crippen molar-refractivity contribution in [3.8, 4) is 22.6 Å². The SMILES string of the molecule is CCn1c(=O)c(-c2cc(OC)cc(OC)c2C)cc2cnc(NCCCN3CCN(C)CC3)cc21. The highest BCUT2D eigenvalue weighted by atomic mass is 16.5. The summed E-state index contributed by atoms with van der Waals surface area (Å²) in [6.45, 7) is 11.0. The summed E-state index contributed by atoms with van der Waals surface area (Å²) in [4.78, 5) is 23.1. The van der Waals surface area contributed by atoms with E-state index in [1.165, 1.54) is 0 Å². The van der Waals surface area contributed by atoms with Crippen LogP contribution < -0.4 is 20.3 Å². The van der Waals surface area contributed by atoms with Crippen molar-refractivity contribution in [2.75, 3.05) is 65.9 Å². The highest BCUT2D eigenvalue weighted by Gasteiger charge is 2.17. The molecule has 3 aromatic rings. The molecule has 0 saturated carbocycles. The fraction of sp³-hybridized carbons (Fsp3) is 0.481. The van der Waals surface area contributed by atoms with Gasteiger partial charge in [0.05, 0.1) is 19.7 Å². The summed E-state index contributed by atoms with van der Waals surface area (Å²) in [7, 11) is 5.42. The second-order valence-corrected chi connectivity index (χ2v) is 9.16. The van der Waals surface area contributed by atoms with Gasteiger partial charge in [0, 0.05) is 68.5 Å². The van der Waals surface area contributed by atoms with Crippen molar-refractivity contribution >= 4 is 16.7 Å². The normalized spacial score (nSPS) is 14.9. The number of hydrogen-bond donors (Lipinski definition) is 1. The molecule has 0 unspecified atom stereocenters. The predicted octanol–water partition coefficient (Wildman–Crippen LogP) is 3.46. The van der Waals surface area contributed by atoms with Crippen LogP contribution in [0.2, 0.25) is 0 Å². The fourth-order valence-corrected chi connectivity index (χ4v) is 4.74. The van der Waals surface area contributed by atoms with Crippen molar-refractivity contribution in [3.05, 3.63) is 46.4 Å². The minimum Gasteiger partial charge on any atom is -0.497 e. The molecular formula is C27H37N5O3.